The summed E-state index contributed by atoms with van der Waals surface area (Å²) in [7, 11) is 0. The van der Waals surface area contributed by atoms with Gasteiger partial charge in [0.1, 0.15) is 11.6 Å². The first-order chi connectivity index (χ1) is 8.22. The number of hydrogen-bond donors (Lipinski definition) is 0. The Morgan fingerprint density at radius 3 is 2.59 bits per heavy atom. The summed E-state index contributed by atoms with van der Waals surface area (Å²) in [6, 6.07) is 0. The van der Waals surface area contributed by atoms with Crippen molar-refractivity contribution in [1.29, 1.82) is 0 Å². The molecule has 0 aliphatic rings. The van der Waals surface area contributed by atoms with Crippen LogP contribution < -0.4 is 0 Å². The van der Waals surface area contributed by atoms with Crippen molar-refractivity contribution < 1.29 is 8.78 Å². The van der Waals surface area contributed by atoms with E-state index < -0.39 is 6.55 Å². The number of imidazole rings is 2. The fraction of sp³-hybridized carbons (Fsp3) is 0.455. The minimum atomic E-state index is -2.55. The van der Waals surface area contributed by atoms with Crippen LogP contribution in [0.5, 0.6) is 0 Å². The van der Waals surface area contributed by atoms with Gasteiger partial charge in [0.05, 0.1) is 6.54 Å². The summed E-state index contributed by atoms with van der Waals surface area (Å²) in [6.07, 6.45) is 7.95. The fourth-order valence-electron chi connectivity index (χ4n) is 1.73. The number of aryl methyl sites for hydroxylation is 1. The van der Waals surface area contributed by atoms with Crippen molar-refractivity contribution in [1.82, 2.24) is 19.1 Å². The Morgan fingerprint density at radius 1 is 1.18 bits per heavy atom. The van der Waals surface area contributed by atoms with Crippen molar-refractivity contribution in [2.75, 3.05) is 0 Å². The Kier molecular flexibility index (Phi) is 3.51. The monoisotopic (exact) mass is 240 g/mol. The van der Waals surface area contributed by atoms with Crippen LogP contribution >= 0.6 is 0 Å². The molecule has 0 N–H and O–H groups in total. The third-order valence-electron chi connectivity index (χ3n) is 2.55. The molecule has 0 atom stereocenters. The summed E-state index contributed by atoms with van der Waals surface area (Å²) in [6.45, 7) is -0.170. The molecule has 0 aromatic carbocycles. The Balaban J connectivity index is 2.19. The SMILES string of the molecule is CCCc1nccn1Cc1nccn1C(F)F. The molecule has 2 aromatic rings. The topological polar surface area (TPSA) is 35.6 Å². The van der Waals surface area contributed by atoms with Gasteiger partial charge in [0.25, 0.3) is 0 Å². The zero-order valence-corrected chi connectivity index (χ0v) is 9.55. The normalized spacial score (nSPS) is 11.3. The van der Waals surface area contributed by atoms with Crippen LogP contribution in [0.25, 0.3) is 0 Å². The predicted molar refractivity (Wildman–Crippen MR) is 58.8 cm³/mol. The molecule has 6 heteroatoms. The second-order valence-corrected chi connectivity index (χ2v) is 3.75. The molecule has 2 aromatic heterocycles. The van der Waals surface area contributed by atoms with Crippen LogP contribution in [0.4, 0.5) is 8.78 Å². The van der Waals surface area contributed by atoms with Gasteiger partial charge < -0.3 is 4.57 Å². The van der Waals surface area contributed by atoms with Gasteiger partial charge in [0.15, 0.2) is 0 Å². The second-order valence-electron chi connectivity index (χ2n) is 3.75. The number of aromatic nitrogens is 4. The van der Waals surface area contributed by atoms with Crippen molar-refractivity contribution >= 4 is 0 Å². The van der Waals surface area contributed by atoms with E-state index >= 15 is 0 Å². The van der Waals surface area contributed by atoms with Crippen LogP contribution in [0.3, 0.4) is 0 Å². The van der Waals surface area contributed by atoms with Crippen molar-refractivity contribution in [2.24, 2.45) is 0 Å². The molecule has 2 heterocycles. The first-order valence-electron chi connectivity index (χ1n) is 5.52. The number of nitrogens with zero attached hydrogens (tertiary/aromatic N) is 4. The lowest BCUT2D eigenvalue weighted by Crippen LogP contribution is -2.10. The summed E-state index contributed by atoms with van der Waals surface area (Å²) in [5.41, 5.74) is 0. The predicted octanol–water partition coefficient (Wildman–Crippen LogP) is 2.48. The minimum Gasteiger partial charge on any atom is -0.327 e. The molecule has 0 amide bonds. The van der Waals surface area contributed by atoms with Gasteiger partial charge in [0, 0.05) is 31.2 Å². The molecule has 0 radical (unpaired) electrons. The second kappa shape index (κ2) is 5.07. The Hall–Kier alpha value is -1.72. The fourth-order valence-corrected chi connectivity index (χ4v) is 1.73. The zero-order valence-electron chi connectivity index (χ0n) is 9.55. The molecule has 92 valence electrons. The molecule has 0 fully saturated rings. The summed E-state index contributed by atoms with van der Waals surface area (Å²) in [4.78, 5) is 8.15. The van der Waals surface area contributed by atoms with Crippen molar-refractivity contribution in [2.45, 2.75) is 32.9 Å². The number of hydrogen-bond acceptors (Lipinski definition) is 2. The van der Waals surface area contributed by atoms with Gasteiger partial charge in [-0.2, -0.15) is 8.78 Å². The maximum Gasteiger partial charge on any atom is 0.319 e. The minimum absolute atomic E-state index is 0.326. The van der Waals surface area contributed by atoms with Gasteiger partial charge in [-0.15, -0.1) is 0 Å². The molecule has 17 heavy (non-hydrogen) atoms. The lowest BCUT2D eigenvalue weighted by molar-refractivity contribution is 0.0666. The van der Waals surface area contributed by atoms with Gasteiger partial charge in [-0.1, -0.05) is 6.92 Å². The highest BCUT2D eigenvalue weighted by atomic mass is 19.3. The molecule has 0 bridgehead atoms. The lowest BCUT2D eigenvalue weighted by atomic mass is 10.3. The van der Waals surface area contributed by atoms with Crippen molar-refractivity contribution in [3.63, 3.8) is 0 Å². The average molecular weight is 240 g/mol. The van der Waals surface area contributed by atoms with E-state index in [0.29, 0.717) is 12.4 Å². The van der Waals surface area contributed by atoms with Crippen LogP contribution in [0.1, 0.15) is 31.5 Å². The highest BCUT2D eigenvalue weighted by Gasteiger charge is 2.12. The molecular formula is C11H14F2N4. The van der Waals surface area contributed by atoms with Crippen LogP contribution in [-0.4, -0.2) is 19.1 Å². The molecule has 0 saturated carbocycles. The Morgan fingerprint density at radius 2 is 1.88 bits per heavy atom. The van der Waals surface area contributed by atoms with E-state index in [9.17, 15) is 8.78 Å². The number of halogens is 2. The Labute approximate surface area is 97.9 Å². The highest BCUT2D eigenvalue weighted by Crippen LogP contribution is 2.14. The molecule has 0 aliphatic carbocycles. The van der Waals surface area contributed by atoms with Crippen molar-refractivity contribution in [3.05, 3.63) is 36.4 Å². The molecule has 0 saturated heterocycles. The van der Waals surface area contributed by atoms with E-state index in [1.807, 2.05) is 4.57 Å². The zero-order chi connectivity index (χ0) is 12.3. The summed E-state index contributed by atoms with van der Waals surface area (Å²) in [5.74, 6) is 1.24. The summed E-state index contributed by atoms with van der Waals surface area (Å²) >= 11 is 0. The van der Waals surface area contributed by atoms with E-state index in [2.05, 4.69) is 16.9 Å². The smallest absolute Gasteiger partial charge is 0.319 e. The quantitative estimate of drug-likeness (QED) is 0.804. The van der Waals surface area contributed by atoms with Crippen molar-refractivity contribution in [3.8, 4) is 0 Å². The maximum absolute atomic E-state index is 12.6. The van der Waals surface area contributed by atoms with E-state index in [-0.39, 0.29) is 0 Å². The molecule has 0 unspecified atom stereocenters. The molecule has 2 rings (SSSR count). The average Bonchev–Trinajstić information content (AvgIpc) is 2.89. The van der Waals surface area contributed by atoms with Crippen LogP contribution in [0.2, 0.25) is 0 Å². The first kappa shape index (κ1) is 11.8. The third-order valence-corrected chi connectivity index (χ3v) is 2.55. The van der Waals surface area contributed by atoms with Gasteiger partial charge in [-0.3, -0.25) is 4.57 Å². The van der Waals surface area contributed by atoms with E-state index in [0.717, 1.165) is 23.2 Å². The maximum atomic E-state index is 12.6. The van der Waals surface area contributed by atoms with Crippen LogP contribution in [-0.2, 0) is 13.0 Å². The molecule has 0 spiro atoms. The van der Waals surface area contributed by atoms with E-state index in [1.165, 1.54) is 12.4 Å². The lowest BCUT2D eigenvalue weighted by Gasteiger charge is -2.09. The number of rotatable bonds is 5. The van der Waals surface area contributed by atoms with Crippen LogP contribution in [0, 0.1) is 0 Å². The summed E-state index contributed by atoms with van der Waals surface area (Å²) in [5, 5.41) is 0. The van der Waals surface area contributed by atoms with Crippen LogP contribution in [0.15, 0.2) is 24.8 Å². The van der Waals surface area contributed by atoms with E-state index in [1.54, 1.807) is 12.4 Å². The van der Waals surface area contributed by atoms with E-state index in [4.69, 9.17) is 0 Å². The molecular weight excluding hydrogens is 226 g/mol. The van der Waals surface area contributed by atoms with Gasteiger partial charge in [-0.05, 0) is 6.42 Å². The largest absolute Gasteiger partial charge is 0.327 e. The van der Waals surface area contributed by atoms with Gasteiger partial charge in [-0.25, -0.2) is 9.97 Å². The number of alkyl halides is 2. The highest BCUT2D eigenvalue weighted by molar-refractivity contribution is 4.99. The summed E-state index contributed by atoms with van der Waals surface area (Å²) < 4.78 is 28.0. The molecule has 0 aliphatic heterocycles. The Bertz CT molecular complexity index is 475. The first-order valence-corrected chi connectivity index (χ1v) is 5.52. The third kappa shape index (κ3) is 2.51. The van der Waals surface area contributed by atoms with Gasteiger partial charge in [0.2, 0.25) is 0 Å². The standard InChI is InChI=1S/C11H14F2N4/c1-2-3-9-14-4-6-16(9)8-10-15-5-7-17(10)11(12)13/h4-7,11H,2-3,8H2,1H3. The van der Waals surface area contributed by atoms with Gasteiger partial charge >= 0.3 is 6.55 Å². The molecule has 4 nitrogen and oxygen atoms in total.